The van der Waals surface area contributed by atoms with Crippen LogP contribution in [0.4, 0.5) is 0 Å². The van der Waals surface area contributed by atoms with E-state index in [0.717, 1.165) is 6.20 Å². The van der Waals surface area contributed by atoms with Crippen LogP contribution in [0.1, 0.15) is 10.4 Å². The van der Waals surface area contributed by atoms with Crippen molar-refractivity contribution in [1.82, 2.24) is 19.8 Å². The molecule has 0 spiro atoms. The summed E-state index contributed by atoms with van der Waals surface area (Å²) in [6.45, 7) is 0. The van der Waals surface area contributed by atoms with Crippen LogP contribution in [0.2, 0.25) is 5.02 Å². The summed E-state index contributed by atoms with van der Waals surface area (Å²) in [6.07, 6.45) is 1.10. The van der Waals surface area contributed by atoms with Crippen LogP contribution in [-0.2, 0) is 0 Å². The number of carbonyl (C=O) groups excluding carboxylic acids is 1. The third kappa shape index (κ3) is 3.12. The van der Waals surface area contributed by atoms with Crippen LogP contribution in [0.15, 0.2) is 39.6 Å². The topological polar surface area (TPSA) is 77.2 Å². The molecule has 6 nitrogen and oxygen atoms in total. The molecule has 0 radical (unpaired) electrons. The van der Waals surface area contributed by atoms with Gasteiger partial charge in [0.2, 0.25) is 4.96 Å². The highest BCUT2D eigenvalue weighted by Gasteiger charge is 2.11. The lowest BCUT2D eigenvalue weighted by Crippen LogP contribution is -2.14. The van der Waals surface area contributed by atoms with Crippen LogP contribution in [0.5, 0.6) is 0 Å². The molecular formula is C12H7ClN4O2S2. The zero-order valence-corrected chi connectivity index (χ0v) is 12.8. The van der Waals surface area contributed by atoms with Gasteiger partial charge in [-0.15, -0.1) is 10.2 Å². The monoisotopic (exact) mass is 338 g/mol. The minimum atomic E-state index is -0.341. The van der Waals surface area contributed by atoms with Crippen LogP contribution in [-0.4, -0.2) is 31.3 Å². The Bertz CT molecular complexity index is 860. The van der Waals surface area contributed by atoms with Crippen molar-refractivity contribution < 1.29 is 4.79 Å². The van der Waals surface area contributed by atoms with Crippen molar-refractivity contribution in [2.75, 3.05) is 5.75 Å². The number of carbonyl (C=O) groups is 1. The maximum Gasteiger partial charge on any atom is 0.293 e. The second-order valence-corrected chi connectivity index (χ2v) is 6.58. The summed E-state index contributed by atoms with van der Waals surface area (Å²) >= 11 is 8.26. The Morgan fingerprint density at radius 1 is 1.33 bits per heavy atom. The maximum atomic E-state index is 12.0. The van der Waals surface area contributed by atoms with Gasteiger partial charge in [-0.2, -0.15) is 9.61 Å². The van der Waals surface area contributed by atoms with Crippen molar-refractivity contribution in [3.8, 4) is 0 Å². The highest BCUT2D eigenvalue weighted by atomic mass is 35.5. The molecule has 3 aromatic rings. The third-order valence-corrected chi connectivity index (χ3v) is 4.84. The largest absolute Gasteiger partial charge is 0.293 e. The highest BCUT2D eigenvalue weighted by molar-refractivity contribution is 8.01. The van der Waals surface area contributed by atoms with E-state index in [2.05, 4.69) is 15.3 Å². The number of nitrogens with zero attached hydrogens (tertiary/aromatic N) is 4. The lowest BCUT2D eigenvalue weighted by molar-refractivity contribution is 0.102. The molecule has 0 aliphatic heterocycles. The molecule has 0 N–H and O–H groups in total. The SMILES string of the molecule is O=C(CSc1nn2c(=O)cnnc2s1)c1ccc(Cl)cc1. The van der Waals surface area contributed by atoms with Crippen LogP contribution in [0.3, 0.4) is 0 Å². The van der Waals surface area contributed by atoms with Crippen LogP contribution in [0.25, 0.3) is 4.96 Å². The summed E-state index contributed by atoms with van der Waals surface area (Å²) < 4.78 is 1.77. The van der Waals surface area contributed by atoms with E-state index in [4.69, 9.17) is 11.6 Å². The Hall–Kier alpha value is -1.77. The molecule has 0 aliphatic carbocycles. The zero-order valence-electron chi connectivity index (χ0n) is 10.4. The molecule has 0 atom stereocenters. The number of thioether (sulfide) groups is 1. The van der Waals surface area contributed by atoms with E-state index >= 15 is 0 Å². The first-order chi connectivity index (χ1) is 10.1. The third-order valence-electron chi connectivity index (χ3n) is 2.55. The minimum absolute atomic E-state index is 0.0330. The van der Waals surface area contributed by atoms with Crippen molar-refractivity contribution in [3.63, 3.8) is 0 Å². The Balaban J connectivity index is 1.74. The fourth-order valence-electron chi connectivity index (χ4n) is 1.56. The van der Waals surface area contributed by atoms with Crippen molar-refractivity contribution in [1.29, 1.82) is 0 Å². The van der Waals surface area contributed by atoms with E-state index in [-0.39, 0.29) is 17.1 Å². The molecule has 1 aromatic carbocycles. The maximum absolute atomic E-state index is 12.0. The van der Waals surface area contributed by atoms with Gasteiger partial charge in [0, 0.05) is 10.6 Å². The fraction of sp³-hybridized carbons (Fsp3) is 0.0833. The first-order valence-corrected chi connectivity index (χ1v) is 7.94. The van der Waals surface area contributed by atoms with Crippen LogP contribution >= 0.6 is 34.7 Å². The summed E-state index contributed by atoms with van der Waals surface area (Å²) in [4.78, 5) is 23.9. The normalized spacial score (nSPS) is 10.9. The van der Waals surface area contributed by atoms with Gasteiger partial charge in [-0.25, -0.2) is 0 Å². The molecule has 0 saturated heterocycles. The van der Waals surface area contributed by atoms with E-state index < -0.39 is 0 Å². The highest BCUT2D eigenvalue weighted by Crippen LogP contribution is 2.23. The summed E-state index contributed by atoms with van der Waals surface area (Å²) in [5, 5.41) is 12.1. The predicted octanol–water partition coefficient (Wildman–Crippen LogP) is 2.17. The van der Waals surface area contributed by atoms with E-state index in [0.29, 0.717) is 19.9 Å². The molecule has 2 heterocycles. The number of Topliss-reactive ketones (excluding diaryl/α,β-unsaturated/α-hetero) is 1. The number of hydrogen-bond donors (Lipinski definition) is 0. The molecule has 3 rings (SSSR count). The molecule has 9 heteroatoms. The van der Waals surface area contributed by atoms with Gasteiger partial charge in [-0.1, -0.05) is 34.7 Å². The first-order valence-electron chi connectivity index (χ1n) is 5.76. The predicted molar refractivity (Wildman–Crippen MR) is 81.4 cm³/mol. The average molecular weight is 339 g/mol. The molecule has 0 aliphatic rings. The number of benzene rings is 1. The summed E-state index contributed by atoms with van der Waals surface area (Å²) in [5.41, 5.74) is 0.247. The Morgan fingerprint density at radius 2 is 2.10 bits per heavy atom. The number of hydrogen-bond acceptors (Lipinski definition) is 7. The molecule has 0 unspecified atom stereocenters. The lowest BCUT2D eigenvalue weighted by atomic mass is 10.1. The fourth-order valence-corrected chi connectivity index (χ4v) is 3.47. The van der Waals surface area contributed by atoms with Crippen LogP contribution in [0, 0.1) is 0 Å². The van der Waals surface area contributed by atoms with E-state index in [1.165, 1.54) is 27.6 Å². The lowest BCUT2D eigenvalue weighted by Gasteiger charge is -1.99. The molecule has 106 valence electrons. The summed E-state index contributed by atoms with van der Waals surface area (Å²) in [7, 11) is 0. The quantitative estimate of drug-likeness (QED) is 0.536. The molecule has 0 amide bonds. The summed E-state index contributed by atoms with van der Waals surface area (Å²) in [5.74, 6) is 0.193. The molecule has 0 fully saturated rings. The van der Waals surface area contributed by atoms with Gasteiger partial charge in [0.15, 0.2) is 10.1 Å². The van der Waals surface area contributed by atoms with Gasteiger partial charge in [0.1, 0.15) is 6.20 Å². The van der Waals surface area contributed by atoms with Crippen molar-refractivity contribution in [3.05, 3.63) is 51.4 Å². The standard InChI is InChI=1S/C12H7ClN4O2S2/c13-8-3-1-7(2-4-8)9(18)6-20-12-16-17-10(19)5-14-15-11(17)21-12/h1-5H,6H2. The van der Waals surface area contributed by atoms with Gasteiger partial charge < -0.3 is 0 Å². The molecular weight excluding hydrogens is 332 g/mol. The second-order valence-electron chi connectivity index (χ2n) is 3.96. The number of rotatable bonds is 4. The number of ketones is 1. The number of halogens is 1. The van der Waals surface area contributed by atoms with Gasteiger partial charge >= 0.3 is 0 Å². The zero-order chi connectivity index (χ0) is 14.8. The van der Waals surface area contributed by atoms with E-state index in [1.807, 2.05) is 0 Å². The number of aromatic nitrogens is 4. The van der Waals surface area contributed by atoms with Gasteiger partial charge in [-0.05, 0) is 24.3 Å². The van der Waals surface area contributed by atoms with Gasteiger partial charge in [-0.3, -0.25) is 9.59 Å². The van der Waals surface area contributed by atoms with Gasteiger partial charge in [0.05, 0.1) is 5.75 Å². The Morgan fingerprint density at radius 3 is 2.81 bits per heavy atom. The van der Waals surface area contributed by atoms with Crippen molar-refractivity contribution >= 4 is 45.4 Å². The average Bonchev–Trinajstić information content (AvgIpc) is 2.90. The van der Waals surface area contributed by atoms with Crippen molar-refractivity contribution in [2.24, 2.45) is 0 Å². The minimum Gasteiger partial charge on any atom is -0.293 e. The Labute approximate surface area is 131 Å². The summed E-state index contributed by atoms with van der Waals surface area (Å²) in [6, 6.07) is 6.71. The molecule has 21 heavy (non-hydrogen) atoms. The smallest absolute Gasteiger partial charge is 0.293 e. The first kappa shape index (κ1) is 14.2. The van der Waals surface area contributed by atoms with E-state index in [9.17, 15) is 9.59 Å². The molecule has 0 saturated carbocycles. The second kappa shape index (κ2) is 5.92. The van der Waals surface area contributed by atoms with E-state index in [1.54, 1.807) is 24.3 Å². The van der Waals surface area contributed by atoms with Gasteiger partial charge in [0.25, 0.3) is 5.56 Å². The molecule has 0 bridgehead atoms. The van der Waals surface area contributed by atoms with Crippen LogP contribution < -0.4 is 5.56 Å². The Kier molecular flexibility index (Phi) is 4.00. The molecule has 2 aromatic heterocycles. The number of fused-ring (bicyclic) bond motifs is 1. The van der Waals surface area contributed by atoms with Crippen molar-refractivity contribution in [2.45, 2.75) is 4.34 Å².